The molecule has 0 bridgehead atoms. The lowest BCUT2D eigenvalue weighted by Crippen LogP contribution is -2.38. The van der Waals surface area contributed by atoms with Crippen molar-refractivity contribution in [3.05, 3.63) is 17.7 Å². The molecule has 8 nitrogen and oxygen atoms in total. The minimum atomic E-state index is 0.557. The van der Waals surface area contributed by atoms with Crippen molar-refractivity contribution in [1.29, 1.82) is 0 Å². The molecule has 30 heavy (non-hydrogen) atoms. The van der Waals surface area contributed by atoms with Crippen LogP contribution in [0.15, 0.2) is 17.1 Å². The highest BCUT2D eigenvalue weighted by Crippen LogP contribution is 2.39. The molecule has 1 aromatic carbocycles. The number of methoxy groups -OCH3 is 3. The summed E-state index contributed by atoms with van der Waals surface area (Å²) in [6.45, 7) is 7.51. The normalized spacial score (nSPS) is 16.4. The van der Waals surface area contributed by atoms with Crippen molar-refractivity contribution < 1.29 is 23.7 Å². The Bertz CT molecular complexity index is 648. The molecule has 170 valence electrons. The fourth-order valence-electron chi connectivity index (χ4n) is 3.34. The highest BCUT2D eigenvalue weighted by molar-refractivity contribution is 5.79. The lowest BCUT2D eigenvalue weighted by atomic mass is 10.1. The zero-order valence-electron chi connectivity index (χ0n) is 18.8. The number of rotatable bonds is 13. The van der Waals surface area contributed by atoms with Gasteiger partial charge in [0.15, 0.2) is 17.5 Å². The van der Waals surface area contributed by atoms with E-state index in [1.54, 1.807) is 21.3 Å². The Morgan fingerprint density at radius 1 is 1.13 bits per heavy atom. The Morgan fingerprint density at radius 2 is 1.97 bits per heavy atom. The number of hydrogen-bond acceptors (Lipinski definition) is 6. The molecule has 0 saturated carbocycles. The molecular weight excluding hydrogens is 386 g/mol. The van der Waals surface area contributed by atoms with Crippen LogP contribution in [-0.2, 0) is 15.9 Å². The first-order chi connectivity index (χ1) is 14.7. The number of hydrogen-bond donors (Lipinski definition) is 2. The van der Waals surface area contributed by atoms with Crippen molar-refractivity contribution in [2.45, 2.75) is 26.2 Å². The lowest BCUT2D eigenvalue weighted by Gasteiger charge is -2.16. The van der Waals surface area contributed by atoms with E-state index < -0.39 is 0 Å². The van der Waals surface area contributed by atoms with Gasteiger partial charge in [-0.25, -0.2) is 0 Å². The molecule has 1 fully saturated rings. The summed E-state index contributed by atoms with van der Waals surface area (Å²) >= 11 is 0. The average molecular weight is 424 g/mol. The number of guanidine groups is 1. The Balaban J connectivity index is 1.77. The zero-order chi connectivity index (χ0) is 21.6. The van der Waals surface area contributed by atoms with Gasteiger partial charge in [0.05, 0.1) is 34.5 Å². The van der Waals surface area contributed by atoms with Crippen LogP contribution < -0.4 is 24.8 Å². The molecule has 2 N–H and O–H groups in total. The predicted octanol–water partition coefficient (Wildman–Crippen LogP) is 2.25. The third-order valence-electron chi connectivity index (χ3n) is 4.91. The predicted molar refractivity (Wildman–Crippen MR) is 118 cm³/mol. The fourth-order valence-corrected chi connectivity index (χ4v) is 3.34. The monoisotopic (exact) mass is 423 g/mol. The summed E-state index contributed by atoms with van der Waals surface area (Å²) in [5.41, 5.74) is 1.04. The van der Waals surface area contributed by atoms with Gasteiger partial charge in [-0.05, 0) is 32.3 Å². The first kappa shape index (κ1) is 24.1. The largest absolute Gasteiger partial charge is 0.493 e. The molecule has 1 atom stereocenters. The van der Waals surface area contributed by atoms with E-state index in [1.807, 2.05) is 12.1 Å². The standard InChI is InChI=1S/C22H37N3O5/c1-5-23-22(24-11-6-13-29-15-17-10-14-30-16-17)25-12-9-18-7-8-19(26-2)21(28-4)20(18)27-3/h7-8,17H,5-6,9-16H2,1-4H3,(H2,23,24,25). The third-order valence-corrected chi connectivity index (χ3v) is 4.91. The van der Waals surface area contributed by atoms with E-state index in [2.05, 4.69) is 22.5 Å². The molecule has 1 heterocycles. The van der Waals surface area contributed by atoms with Crippen molar-refractivity contribution >= 4 is 5.96 Å². The maximum absolute atomic E-state index is 5.74. The smallest absolute Gasteiger partial charge is 0.203 e. The first-order valence-electron chi connectivity index (χ1n) is 10.7. The minimum absolute atomic E-state index is 0.557. The third kappa shape index (κ3) is 7.57. The molecule has 1 saturated heterocycles. The van der Waals surface area contributed by atoms with E-state index in [0.29, 0.717) is 23.2 Å². The van der Waals surface area contributed by atoms with Crippen LogP contribution in [0.5, 0.6) is 17.2 Å². The number of nitrogens with zero attached hydrogens (tertiary/aromatic N) is 1. The molecular formula is C22H37N3O5. The molecule has 0 aliphatic carbocycles. The van der Waals surface area contributed by atoms with Gasteiger partial charge < -0.3 is 34.3 Å². The lowest BCUT2D eigenvalue weighted by molar-refractivity contribution is 0.0893. The minimum Gasteiger partial charge on any atom is -0.493 e. The molecule has 2 rings (SSSR count). The number of nitrogens with one attached hydrogen (secondary N) is 2. The van der Waals surface area contributed by atoms with Gasteiger partial charge in [0.25, 0.3) is 0 Å². The van der Waals surface area contributed by atoms with Crippen LogP contribution in [-0.4, -0.2) is 73.4 Å². The molecule has 1 aliphatic rings. The van der Waals surface area contributed by atoms with Gasteiger partial charge in [-0.2, -0.15) is 0 Å². The molecule has 0 spiro atoms. The maximum Gasteiger partial charge on any atom is 0.203 e. The topological polar surface area (TPSA) is 82.6 Å². The van der Waals surface area contributed by atoms with Gasteiger partial charge in [0, 0.05) is 44.3 Å². The number of benzene rings is 1. The second-order valence-corrected chi connectivity index (χ2v) is 7.09. The second-order valence-electron chi connectivity index (χ2n) is 7.09. The Kier molecular flexibility index (Phi) is 11.2. The van der Waals surface area contributed by atoms with Crippen LogP contribution in [0.2, 0.25) is 0 Å². The summed E-state index contributed by atoms with van der Waals surface area (Å²) in [5, 5.41) is 6.66. The van der Waals surface area contributed by atoms with Gasteiger partial charge in [-0.3, -0.25) is 4.99 Å². The van der Waals surface area contributed by atoms with Crippen LogP contribution in [0, 0.1) is 5.92 Å². The van der Waals surface area contributed by atoms with E-state index in [0.717, 1.165) is 76.8 Å². The number of ether oxygens (including phenoxy) is 5. The highest BCUT2D eigenvalue weighted by atomic mass is 16.5. The van der Waals surface area contributed by atoms with Crippen LogP contribution in [0.1, 0.15) is 25.3 Å². The second kappa shape index (κ2) is 13.9. The van der Waals surface area contributed by atoms with Crippen LogP contribution in [0.3, 0.4) is 0 Å². The van der Waals surface area contributed by atoms with Crippen molar-refractivity contribution in [2.75, 3.05) is 67.4 Å². The molecule has 0 amide bonds. The Hall–Kier alpha value is -2.19. The first-order valence-corrected chi connectivity index (χ1v) is 10.7. The summed E-state index contributed by atoms with van der Waals surface area (Å²) in [6.07, 6.45) is 2.77. The van der Waals surface area contributed by atoms with E-state index in [1.165, 1.54) is 0 Å². The van der Waals surface area contributed by atoms with Crippen molar-refractivity contribution in [3.8, 4) is 17.2 Å². The Labute approximate surface area is 180 Å². The summed E-state index contributed by atoms with van der Waals surface area (Å²) in [5.74, 6) is 3.33. The molecule has 0 aromatic heterocycles. The van der Waals surface area contributed by atoms with Gasteiger partial charge in [-0.1, -0.05) is 6.07 Å². The van der Waals surface area contributed by atoms with E-state index in [4.69, 9.17) is 23.7 Å². The van der Waals surface area contributed by atoms with Gasteiger partial charge in [0.1, 0.15) is 0 Å². The van der Waals surface area contributed by atoms with Crippen molar-refractivity contribution in [2.24, 2.45) is 10.9 Å². The quantitative estimate of drug-likeness (QED) is 0.286. The van der Waals surface area contributed by atoms with Crippen molar-refractivity contribution in [3.63, 3.8) is 0 Å². The van der Waals surface area contributed by atoms with E-state index in [9.17, 15) is 0 Å². The molecule has 1 aliphatic heterocycles. The maximum atomic E-state index is 5.74. The van der Waals surface area contributed by atoms with Crippen LogP contribution in [0.25, 0.3) is 0 Å². The molecule has 1 unspecified atom stereocenters. The zero-order valence-corrected chi connectivity index (χ0v) is 18.8. The van der Waals surface area contributed by atoms with Gasteiger partial charge in [0.2, 0.25) is 5.75 Å². The van der Waals surface area contributed by atoms with Gasteiger partial charge >= 0.3 is 0 Å². The van der Waals surface area contributed by atoms with Crippen LogP contribution in [0.4, 0.5) is 0 Å². The van der Waals surface area contributed by atoms with E-state index in [-0.39, 0.29) is 0 Å². The van der Waals surface area contributed by atoms with Crippen molar-refractivity contribution in [1.82, 2.24) is 10.6 Å². The number of aliphatic imine (C=N–C) groups is 1. The summed E-state index contributed by atoms with van der Waals surface area (Å²) in [7, 11) is 4.87. The summed E-state index contributed by atoms with van der Waals surface area (Å²) < 4.78 is 27.5. The Morgan fingerprint density at radius 3 is 2.63 bits per heavy atom. The molecule has 0 radical (unpaired) electrons. The van der Waals surface area contributed by atoms with Crippen LogP contribution >= 0.6 is 0 Å². The summed E-state index contributed by atoms with van der Waals surface area (Å²) in [4.78, 5) is 4.63. The molecule has 1 aromatic rings. The SMILES string of the molecule is CCNC(=NCCCOCC1CCOC1)NCCc1ccc(OC)c(OC)c1OC. The fraction of sp³-hybridized carbons (Fsp3) is 0.682. The average Bonchev–Trinajstić information content (AvgIpc) is 3.28. The van der Waals surface area contributed by atoms with Gasteiger partial charge in [-0.15, -0.1) is 0 Å². The summed E-state index contributed by atoms with van der Waals surface area (Å²) in [6, 6.07) is 3.90. The molecule has 8 heteroatoms. The van der Waals surface area contributed by atoms with E-state index >= 15 is 0 Å². The highest BCUT2D eigenvalue weighted by Gasteiger charge is 2.16.